The molecule has 0 unspecified atom stereocenters. The van der Waals surface area contributed by atoms with Crippen LogP contribution in [0.5, 0.6) is 0 Å². The molecule has 2 heterocycles. The van der Waals surface area contributed by atoms with Crippen molar-refractivity contribution in [2.45, 2.75) is 20.3 Å². The van der Waals surface area contributed by atoms with E-state index in [0.717, 1.165) is 30.4 Å². The van der Waals surface area contributed by atoms with E-state index >= 15 is 0 Å². The second-order valence-electron chi connectivity index (χ2n) is 5.85. The molecule has 1 saturated heterocycles. The molecule has 1 aliphatic heterocycles. The van der Waals surface area contributed by atoms with Crippen LogP contribution in [0.15, 0.2) is 24.3 Å². The molecular weight excluding hydrogens is 298 g/mol. The van der Waals surface area contributed by atoms with Gasteiger partial charge in [0.15, 0.2) is 11.6 Å². The monoisotopic (exact) mass is 318 g/mol. The number of hydrogen-bond acceptors (Lipinski definition) is 4. The zero-order chi connectivity index (χ0) is 16.4. The van der Waals surface area contributed by atoms with E-state index in [-0.39, 0.29) is 0 Å². The lowest BCUT2D eigenvalue weighted by Crippen LogP contribution is -2.32. The van der Waals surface area contributed by atoms with E-state index in [0.29, 0.717) is 31.3 Å². The van der Waals surface area contributed by atoms with Gasteiger partial charge in [0.25, 0.3) is 0 Å². The van der Waals surface area contributed by atoms with Crippen LogP contribution >= 0.6 is 0 Å². The fraction of sp³-hybridized carbons (Fsp3) is 0.412. The second kappa shape index (κ2) is 6.48. The summed E-state index contributed by atoms with van der Waals surface area (Å²) < 4.78 is 27.4. The summed E-state index contributed by atoms with van der Waals surface area (Å²) in [5.41, 5.74) is 2.20. The van der Waals surface area contributed by atoms with E-state index in [1.165, 1.54) is 0 Å². The minimum absolute atomic E-state index is 0.327. The van der Waals surface area contributed by atoms with Gasteiger partial charge in [0.1, 0.15) is 0 Å². The van der Waals surface area contributed by atoms with Crippen molar-refractivity contribution in [1.82, 2.24) is 9.97 Å². The van der Waals surface area contributed by atoms with Crippen LogP contribution in [0.1, 0.15) is 17.8 Å². The van der Waals surface area contributed by atoms with Crippen molar-refractivity contribution in [3.63, 3.8) is 0 Å². The van der Waals surface area contributed by atoms with Gasteiger partial charge in [0, 0.05) is 37.6 Å². The van der Waals surface area contributed by atoms with E-state index in [9.17, 15) is 8.78 Å². The summed E-state index contributed by atoms with van der Waals surface area (Å²) in [4.78, 5) is 13.0. The standard InChI is InChI=1S/C17H20F2N4/c1-12-11-13(2)21-17(20-12)23-8-4-7-22(9-10-23)15-6-3-5-14(18)16(15)19/h3,5-6,11H,4,7-10H2,1-2H3. The highest BCUT2D eigenvalue weighted by Crippen LogP contribution is 2.23. The zero-order valence-electron chi connectivity index (χ0n) is 13.4. The summed E-state index contributed by atoms with van der Waals surface area (Å²) in [7, 11) is 0. The maximum absolute atomic E-state index is 14.0. The molecule has 0 atom stereocenters. The fourth-order valence-corrected chi connectivity index (χ4v) is 2.94. The molecule has 1 aromatic heterocycles. The van der Waals surface area contributed by atoms with Crippen LogP contribution < -0.4 is 9.80 Å². The first-order chi connectivity index (χ1) is 11.0. The number of benzene rings is 1. The first kappa shape index (κ1) is 15.6. The third kappa shape index (κ3) is 3.41. The van der Waals surface area contributed by atoms with Crippen LogP contribution in [0.25, 0.3) is 0 Å². The number of halogens is 2. The van der Waals surface area contributed by atoms with Crippen molar-refractivity contribution in [1.29, 1.82) is 0 Å². The Kier molecular flexibility index (Phi) is 4.41. The van der Waals surface area contributed by atoms with Crippen LogP contribution in [0.3, 0.4) is 0 Å². The predicted molar refractivity (Wildman–Crippen MR) is 86.9 cm³/mol. The largest absolute Gasteiger partial charge is 0.367 e. The summed E-state index contributed by atoms with van der Waals surface area (Å²) in [5, 5.41) is 0. The average Bonchev–Trinajstić information content (AvgIpc) is 2.75. The maximum atomic E-state index is 14.0. The second-order valence-corrected chi connectivity index (χ2v) is 5.85. The molecule has 1 aromatic carbocycles. The molecule has 6 heteroatoms. The fourth-order valence-electron chi connectivity index (χ4n) is 2.94. The van der Waals surface area contributed by atoms with Crippen LogP contribution in [-0.2, 0) is 0 Å². The lowest BCUT2D eigenvalue weighted by atomic mass is 10.2. The van der Waals surface area contributed by atoms with Crippen molar-refractivity contribution < 1.29 is 8.78 Å². The van der Waals surface area contributed by atoms with Crippen LogP contribution in [0.4, 0.5) is 20.4 Å². The Balaban J connectivity index is 1.78. The molecule has 1 fully saturated rings. The summed E-state index contributed by atoms with van der Waals surface area (Å²) in [6.45, 7) is 6.67. The number of rotatable bonds is 2. The number of hydrogen-bond donors (Lipinski definition) is 0. The Morgan fingerprint density at radius 1 is 0.913 bits per heavy atom. The number of nitrogens with zero attached hydrogens (tertiary/aromatic N) is 4. The van der Waals surface area contributed by atoms with Gasteiger partial charge in [-0.2, -0.15) is 0 Å². The Morgan fingerprint density at radius 3 is 2.30 bits per heavy atom. The molecule has 3 rings (SSSR count). The van der Waals surface area contributed by atoms with Gasteiger partial charge in [-0.05, 0) is 38.5 Å². The summed E-state index contributed by atoms with van der Waals surface area (Å²) in [5.74, 6) is -0.867. The number of anilines is 2. The number of aryl methyl sites for hydroxylation is 2. The molecule has 4 nitrogen and oxygen atoms in total. The Bertz CT molecular complexity index is 685. The van der Waals surface area contributed by atoms with Gasteiger partial charge in [-0.25, -0.2) is 18.7 Å². The lowest BCUT2D eigenvalue weighted by Gasteiger charge is -2.24. The van der Waals surface area contributed by atoms with Crippen molar-refractivity contribution in [3.8, 4) is 0 Å². The van der Waals surface area contributed by atoms with Crippen molar-refractivity contribution in [3.05, 3.63) is 47.3 Å². The average molecular weight is 318 g/mol. The van der Waals surface area contributed by atoms with Crippen molar-refractivity contribution in [2.24, 2.45) is 0 Å². The SMILES string of the molecule is Cc1cc(C)nc(N2CCCN(c3cccc(F)c3F)CC2)n1. The first-order valence-electron chi connectivity index (χ1n) is 7.81. The first-order valence-corrected chi connectivity index (χ1v) is 7.81. The molecular formula is C17H20F2N4. The molecule has 0 amide bonds. The molecule has 0 radical (unpaired) electrons. The molecule has 0 N–H and O–H groups in total. The molecule has 0 saturated carbocycles. The molecule has 23 heavy (non-hydrogen) atoms. The van der Waals surface area contributed by atoms with Gasteiger partial charge >= 0.3 is 0 Å². The highest BCUT2D eigenvalue weighted by Gasteiger charge is 2.20. The Hall–Kier alpha value is -2.24. The van der Waals surface area contributed by atoms with Crippen molar-refractivity contribution in [2.75, 3.05) is 36.0 Å². The third-order valence-electron chi connectivity index (χ3n) is 4.02. The third-order valence-corrected chi connectivity index (χ3v) is 4.02. The van der Waals surface area contributed by atoms with Crippen molar-refractivity contribution >= 4 is 11.6 Å². The number of aromatic nitrogens is 2. The molecule has 2 aromatic rings. The van der Waals surface area contributed by atoms with Gasteiger partial charge in [-0.15, -0.1) is 0 Å². The van der Waals surface area contributed by atoms with E-state index < -0.39 is 11.6 Å². The smallest absolute Gasteiger partial charge is 0.225 e. The molecule has 122 valence electrons. The summed E-state index contributed by atoms with van der Waals surface area (Å²) in [6.07, 6.45) is 0.840. The van der Waals surface area contributed by atoms with Gasteiger partial charge in [0.05, 0.1) is 5.69 Å². The lowest BCUT2D eigenvalue weighted by molar-refractivity contribution is 0.506. The van der Waals surface area contributed by atoms with Gasteiger partial charge in [0.2, 0.25) is 5.95 Å². The Labute approximate surface area is 134 Å². The molecule has 0 bridgehead atoms. The topological polar surface area (TPSA) is 32.3 Å². The predicted octanol–water partition coefficient (Wildman–Crippen LogP) is 3.09. The summed E-state index contributed by atoms with van der Waals surface area (Å²) in [6, 6.07) is 6.26. The van der Waals surface area contributed by atoms with Crippen LogP contribution in [0, 0.1) is 25.5 Å². The Morgan fingerprint density at radius 2 is 1.57 bits per heavy atom. The van der Waals surface area contributed by atoms with E-state index in [2.05, 4.69) is 14.9 Å². The van der Waals surface area contributed by atoms with E-state index in [4.69, 9.17) is 0 Å². The summed E-state index contributed by atoms with van der Waals surface area (Å²) >= 11 is 0. The highest BCUT2D eigenvalue weighted by molar-refractivity contribution is 5.49. The zero-order valence-corrected chi connectivity index (χ0v) is 13.4. The van der Waals surface area contributed by atoms with Gasteiger partial charge in [-0.1, -0.05) is 6.07 Å². The molecule has 0 spiro atoms. The minimum Gasteiger partial charge on any atom is -0.367 e. The molecule has 0 aliphatic carbocycles. The molecule has 1 aliphatic rings. The maximum Gasteiger partial charge on any atom is 0.225 e. The quantitative estimate of drug-likeness (QED) is 0.852. The normalized spacial score (nSPS) is 15.7. The van der Waals surface area contributed by atoms with Crippen LogP contribution in [-0.4, -0.2) is 36.1 Å². The van der Waals surface area contributed by atoms with E-state index in [1.54, 1.807) is 12.1 Å². The minimum atomic E-state index is -0.804. The highest BCUT2D eigenvalue weighted by atomic mass is 19.2. The van der Waals surface area contributed by atoms with Gasteiger partial charge < -0.3 is 9.80 Å². The van der Waals surface area contributed by atoms with Gasteiger partial charge in [-0.3, -0.25) is 0 Å². The van der Waals surface area contributed by atoms with E-state index in [1.807, 2.05) is 24.8 Å². The van der Waals surface area contributed by atoms with Crippen LogP contribution in [0.2, 0.25) is 0 Å².